The predicted octanol–water partition coefficient (Wildman–Crippen LogP) is 3.11. The summed E-state index contributed by atoms with van der Waals surface area (Å²) in [6.07, 6.45) is -0.700. The average Bonchev–Trinajstić information content (AvgIpc) is 2.77. The molecule has 18 heavy (non-hydrogen) atoms. The lowest BCUT2D eigenvalue weighted by molar-refractivity contribution is -0.141. The van der Waals surface area contributed by atoms with Gasteiger partial charge in [0.15, 0.2) is 0 Å². The second-order valence-corrected chi connectivity index (χ2v) is 5.00. The molecule has 1 heterocycles. The summed E-state index contributed by atoms with van der Waals surface area (Å²) < 4.78 is 13.6. The summed E-state index contributed by atoms with van der Waals surface area (Å²) in [5.74, 6) is -1.24. The van der Waals surface area contributed by atoms with Crippen LogP contribution in [0, 0.1) is 5.92 Å². The Morgan fingerprint density at radius 1 is 1.61 bits per heavy atom. The molecule has 1 aromatic carbocycles. The minimum absolute atomic E-state index is 0.141. The molecule has 0 amide bonds. The first kappa shape index (κ1) is 13.3. The number of benzene rings is 1. The molecule has 98 valence electrons. The maximum atomic E-state index is 13.6. The van der Waals surface area contributed by atoms with Crippen LogP contribution in [0.4, 0.5) is 4.39 Å². The normalized spacial score (nSPS) is 25.1. The van der Waals surface area contributed by atoms with Crippen molar-refractivity contribution in [3.8, 4) is 0 Å². The third kappa shape index (κ3) is 2.49. The van der Waals surface area contributed by atoms with Crippen molar-refractivity contribution in [3.63, 3.8) is 0 Å². The lowest BCUT2D eigenvalue weighted by Crippen LogP contribution is -2.18. The summed E-state index contributed by atoms with van der Waals surface area (Å²) in [6.45, 7) is 1.85. The number of carboxylic acids is 1. The second kappa shape index (κ2) is 5.24. The molecule has 1 saturated heterocycles. The molecule has 1 aliphatic rings. The Bertz CT molecular complexity index is 464. The van der Waals surface area contributed by atoms with Gasteiger partial charge < -0.3 is 10.4 Å². The summed E-state index contributed by atoms with van der Waals surface area (Å²) in [5, 5.41) is 12.5. The number of alkyl halides is 1. The summed E-state index contributed by atoms with van der Waals surface area (Å²) in [4.78, 5) is 10.9. The molecule has 2 rings (SSSR count). The third-order valence-electron chi connectivity index (χ3n) is 3.34. The van der Waals surface area contributed by atoms with Gasteiger partial charge in [-0.3, -0.25) is 4.79 Å². The Balaban J connectivity index is 2.30. The van der Waals surface area contributed by atoms with Crippen molar-refractivity contribution in [1.29, 1.82) is 0 Å². The highest BCUT2D eigenvalue weighted by molar-refractivity contribution is 6.31. The van der Waals surface area contributed by atoms with Gasteiger partial charge in [0.2, 0.25) is 0 Å². The van der Waals surface area contributed by atoms with E-state index in [9.17, 15) is 9.18 Å². The first-order valence-corrected chi connectivity index (χ1v) is 6.27. The Labute approximate surface area is 110 Å². The molecule has 2 N–H and O–H groups in total. The highest BCUT2D eigenvalue weighted by atomic mass is 35.5. The SMILES string of the molecule is CC(F)c1c(Cl)cccc1C1CC(C(=O)O)CN1. The molecule has 0 radical (unpaired) electrons. The number of carboxylic acid groups (broad SMARTS) is 1. The molecule has 1 fully saturated rings. The lowest BCUT2D eigenvalue weighted by Gasteiger charge is -2.18. The predicted molar refractivity (Wildman–Crippen MR) is 67.5 cm³/mol. The van der Waals surface area contributed by atoms with Crippen molar-refractivity contribution in [2.24, 2.45) is 5.92 Å². The van der Waals surface area contributed by atoms with Crippen molar-refractivity contribution in [1.82, 2.24) is 5.32 Å². The fourth-order valence-corrected chi connectivity index (χ4v) is 2.77. The largest absolute Gasteiger partial charge is 0.481 e. The molecule has 3 atom stereocenters. The van der Waals surface area contributed by atoms with Gasteiger partial charge in [0, 0.05) is 23.2 Å². The maximum absolute atomic E-state index is 13.6. The van der Waals surface area contributed by atoms with Crippen LogP contribution in [0.3, 0.4) is 0 Å². The fraction of sp³-hybridized carbons (Fsp3) is 0.462. The zero-order chi connectivity index (χ0) is 13.3. The summed E-state index contributed by atoms with van der Waals surface area (Å²) in [7, 11) is 0. The van der Waals surface area contributed by atoms with Gasteiger partial charge in [0.05, 0.1) is 5.92 Å². The Morgan fingerprint density at radius 2 is 2.33 bits per heavy atom. The van der Waals surface area contributed by atoms with Crippen molar-refractivity contribution < 1.29 is 14.3 Å². The van der Waals surface area contributed by atoms with Gasteiger partial charge in [-0.1, -0.05) is 23.7 Å². The minimum Gasteiger partial charge on any atom is -0.481 e. The Hall–Kier alpha value is -1.13. The van der Waals surface area contributed by atoms with E-state index in [1.807, 2.05) is 0 Å². The van der Waals surface area contributed by atoms with E-state index >= 15 is 0 Å². The number of nitrogens with one attached hydrogen (secondary N) is 1. The van der Waals surface area contributed by atoms with Crippen LogP contribution in [-0.2, 0) is 4.79 Å². The summed E-state index contributed by atoms with van der Waals surface area (Å²) in [5.41, 5.74) is 1.23. The molecule has 0 spiro atoms. The lowest BCUT2D eigenvalue weighted by atomic mass is 9.94. The molecule has 1 aliphatic heterocycles. The van der Waals surface area contributed by atoms with Crippen LogP contribution in [-0.4, -0.2) is 17.6 Å². The molecule has 0 aromatic heterocycles. The Kier molecular flexibility index (Phi) is 3.88. The third-order valence-corrected chi connectivity index (χ3v) is 3.67. The molecule has 0 aliphatic carbocycles. The van der Waals surface area contributed by atoms with E-state index in [4.69, 9.17) is 16.7 Å². The van der Waals surface area contributed by atoms with Crippen molar-refractivity contribution in [2.75, 3.05) is 6.54 Å². The number of hydrogen-bond acceptors (Lipinski definition) is 2. The van der Waals surface area contributed by atoms with Crippen LogP contribution >= 0.6 is 11.6 Å². The molecule has 0 bridgehead atoms. The van der Waals surface area contributed by atoms with Crippen LogP contribution < -0.4 is 5.32 Å². The van der Waals surface area contributed by atoms with Gasteiger partial charge in [-0.2, -0.15) is 0 Å². The van der Waals surface area contributed by atoms with Gasteiger partial charge in [-0.25, -0.2) is 4.39 Å². The minimum atomic E-state index is -1.17. The number of hydrogen-bond donors (Lipinski definition) is 2. The monoisotopic (exact) mass is 271 g/mol. The smallest absolute Gasteiger partial charge is 0.307 e. The fourth-order valence-electron chi connectivity index (χ4n) is 2.44. The van der Waals surface area contributed by atoms with Crippen LogP contribution in [0.1, 0.15) is 36.7 Å². The molecule has 3 unspecified atom stereocenters. The van der Waals surface area contributed by atoms with E-state index in [0.717, 1.165) is 5.56 Å². The van der Waals surface area contributed by atoms with Crippen LogP contribution in [0.25, 0.3) is 0 Å². The molecular weight excluding hydrogens is 257 g/mol. The van der Waals surface area contributed by atoms with Gasteiger partial charge in [-0.05, 0) is 25.0 Å². The topological polar surface area (TPSA) is 49.3 Å². The van der Waals surface area contributed by atoms with Crippen molar-refractivity contribution in [3.05, 3.63) is 34.3 Å². The van der Waals surface area contributed by atoms with Gasteiger partial charge in [0.25, 0.3) is 0 Å². The highest BCUT2D eigenvalue weighted by Crippen LogP contribution is 2.36. The first-order chi connectivity index (χ1) is 8.50. The summed E-state index contributed by atoms with van der Waals surface area (Å²) >= 11 is 6.02. The molecular formula is C13H15ClFNO2. The van der Waals surface area contributed by atoms with E-state index in [-0.39, 0.29) is 6.04 Å². The van der Waals surface area contributed by atoms with E-state index in [0.29, 0.717) is 23.6 Å². The van der Waals surface area contributed by atoms with Crippen molar-refractivity contribution >= 4 is 17.6 Å². The number of halogens is 2. The van der Waals surface area contributed by atoms with E-state index in [2.05, 4.69) is 5.32 Å². The standard InChI is InChI=1S/C13H15ClFNO2/c1-7(15)12-9(3-2-4-10(12)14)11-5-8(6-16-11)13(17)18/h2-4,7-8,11,16H,5-6H2,1H3,(H,17,18). The number of aliphatic carboxylic acids is 1. The number of rotatable bonds is 3. The average molecular weight is 272 g/mol. The van der Waals surface area contributed by atoms with Crippen LogP contribution in [0.5, 0.6) is 0 Å². The van der Waals surface area contributed by atoms with Gasteiger partial charge in [0.1, 0.15) is 6.17 Å². The van der Waals surface area contributed by atoms with Gasteiger partial charge in [-0.15, -0.1) is 0 Å². The second-order valence-electron chi connectivity index (χ2n) is 4.59. The summed E-state index contributed by atoms with van der Waals surface area (Å²) in [6, 6.07) is 5.08. The maximum Gasteiger partial charge on any atom is 0.307 e. The van der Waals surface area contributed by atoms with E-state index < -0.39 is 18.1 Å². The molecule has 3 nitrogen and oxygen atoms in total. The van der Waals surface area contributed by atoms with E-state index in [1.165, 1.54) is 6.92 Å². The zero-order valence-corrected chi connectivity index (χ0v) is 10.7. The first-order valence-electron chi connectivity index (χ1n) is 5.89. The van der Waals surface area contributed by atoms with Crippen LogP contribution in [0.2, 0.25) is 5.02 Å². The quantitative estimate of drug-likeness (QED) is 0.888. The highest BCUT2D eigenvalue weighted by Gasteiger charge is 2.32. The number of carbonyl (C=O) groups is 1. The Morgan fingerprint density at radius 3 is 2.89 bits per heavy atom. The van der Waals surface area contributed by atoms with Gasteiger partial charge >= 0.3 is 5.97 Å². The zero-order valence-electron chi connectivity index (χ0n) is 9.99. The van der Waals surface area contributed by atoms with Crippen molar-refractivity contribution in [2.45, 2.75) is 25.6 Å². The molecule has 0 saturated carbocycles. The molecule has 1 aromatic rings. The van der Waals surface area contributed by atoms with E-state index in [1.54, 1.807) is 18.2 Å². The molecule has 5 heteroatoms. The van der Waals surface area contributed by atoms with Crippen LogP contribution in [0.15, 0.2) is 18.2 Å².